The topological polar surface area (TPSA) is 38.7 Å². The summed E-state index contributed by atoms with van der Waals surface area (Å²) in [4.78, 5) is 0. The van der Waals surface area contributed by atoms with Gasteiger partial charge in [-0.15, -0.1) is 0 Å². The van der Waals surface area contributed by atoms with E-state index >= 15 is 0 Å². The second kappa shape index (κ2) is 8.25. The van der Waals surface area contributed by atoms with Crippen molar-refractivity contribution in [3.05, 3.63) is 89.5 Å². The van der Waals surface area contributed by atoms with E-state index < -0.39 is 0 Å². The summed E-state index contributed by atoms with van der Waals surface area (Å²) in [5, 5.41) is 10.3. The van der Waals surface area contributed by atoms with Crippen LogP contribution >= 0.6 is 0 Å². The lowest BCUT2D eigenvalue weighted by Crippen LogP contribution is -2.00. The van der Waals surface area contributed by atoms with Gasteiger partial charge in [-0.05, 0) is 17.5 Å². The van der Waals surface area contributed by atoms with E-state index in [2.05, 4.69) is 0 Å². The zero-order valence-corrected chi connectivity index (χ0v) is 14.3. The standard InChI is InChI=1S/C22H22O3/c1-2-20-21(23)13-19(24-15-17-9-5-3-6-10-17)14-22(20)25-16-18-11-7-4-8-12-18/h3-14,23H,2,15-16H2,1H3. The average Bonchev–Trinajstić information content (AvgIpc) is 2.66. The van der Waals surface area contributed by atoms with Gasteiger partial charge in [0.2, 0.25) is 0 Å². The Bertz CT molecular complexity index is 798. The minimum absolute atomic E-state index is 0.205. The van der Waals surface area contributed by atoms with Crippen LogP contribution in [0.25, 0.3) is 0 Å². The molecule has 25 heavy (non-hydrogen) atoms. The average molecular weight is 334 g/mol. The van der Waals surface area contributed by atoms with Crippen LogP contribution in [0.3, 0.4) is 0 Å². The number of hydrogen-bond donors (Lipinski definition) is 1. The molecule has 0 amide bonds. The molecule has 0 spiro atoms. The maximum atomic E-state index is 10.3. The number of hydrogen-bond acceptors (Lipinski definition) is 3. The molecule has 3 heteroatoms. The van der Waals surface area contributed by atoms with Crippen LogP contribution in [0.15, 0.2) is 72.8 Å². The van der Waals surface area contributed by atoms with E-state index in [1.165, 1.54) is 0 Å². The molecule has 3 nitrogen and oxygen atoms in total. The molecule has 0 aliphatic carbocycles. The zero-order valence-electron chi connectivity index (χ0n) is 14.3. The quantitative estimate of drug-likeness (QED) is 0.652. The highest BCUT2D eigenvalue weighted by Crippen LogP contribution is 2.34. The third-order valence-corrected chi connectivity index (χ3v) is 4.00. The Balaban J connectivity index is 1.75. The Morgan fingerprint density at radius 1 is 0.760 bits per heavy atom. The number of rotatable bonds is 7. The molecule has 0 saturated heterocycles. The largest absolute Gasteiger partial charge is 0.507 e. The lowest BCUT2D eigenvalue weighted by atomic mass is 10.1. The van der Waals surface area contributed by atoms with Crippen molar-refractivity contribution in [1.29, 1.82) is 0 Å². The number of phenolic OH excluding ortho intramolecular Hbond substituents is 1. The van der Waals surface area contributed by atoms with Crippen molar-refractivity contribution in [3.63, 3.8) is 0 Å². The molecule has 0 fully saturated rings. The van der Waals surface area contributed by atoms with Gasteiger partial charge in [-0.1, -0.05) is 67.6 Å². The first-order valence-electron chi connectivity index (χ1n) is 8.45. The summed E-state index contributed by atoms with van der Waals surface area (Å²) in [6.45, 7) is 2.90. The number of ether oxygens (including phenoxy) is 2. The van der Waals surface area contributed by atoms with Crippen LogP contribution in [-0.2, 0) is 19.6 Å². The SMILES string of the molecule is CCc1c(O)cc(OCc2ccccc2)cc1OCc1ccccc1. The molecule has 0 unspecified atom stereocenters. The molecular weight excluding hydrogens is 312 g/mol. The first kappa shape index (κ1) is 16.9. The normalized spacial score (nSPS) is 10.4. The predicted octanol–water partition coefficient (Wildman–Crippen LogP) is 5.11. The summed E-state index contributed by atoms with van der Waals surface area (Å²) in [5.74, 6) is 1.46. The lowest BCUT2D eigenvalue weighted by Gasteiger charge is -2.15. The highest BCUT2D eigenvalue weighted by Gasteiger charge is 2.11. The van der Waals surface area contributed by atoms with Crippen LogP contribution in [0.1, 0.15) is 23.6 Å². The highest BCUT2D eigenvalue weighted by molar-refractivity contribution is 5.50. The molecule has 0 radical (unpaired) electrons. The lowest BCUT2D eigenvalue weighted by molar-refractivity contribution is 0.284. The van der Waals surface area contributed by atoms with E-state index in [-0.39, 0.29) is 5.75 Å². The first-order valence-corrected chi connectivity index (χ1v) is 8.45. The molecule has 3 rings (SSSR count). The fourth-order valence-corrected chi connectivity index (χ4v) is 2.65. The van der Waals surface area contributed by atoms with Crippen molar-refractivity contribution in [3.8, 4) is 17.2 Å². The van der Waals surface area contributed by atoms with Crippen molar-refractivity contribution in [1.82, 2.24) is 0 Å². The minimum Gasteiger partial charge on any atom is -0.507 e. The fraction of sp³-hybridized carbons (Fsp3) is 0.182. The monoisotopic (exact) mass is 334 g/mol. The zero-order chi connectivity index (χ0) is 17.5. The Kier molecular flexibility index (Phi) is 5.57. The van der Waals surface area contributed by atoms with Gasteiger partial charge in [-0.3, -0.25) is 0 Å². The molecule has 3 aromatic rings. The van der Waals surface area contributed by atoms with Gasteiger partial charge < -0.3 is 14.6 Å². The van der Waals surface area contributed by atoms with Gasteiger partial charge in [0.1, 0.15) is 30.5 Å². The van der Waals surface area contributed by atoms with Crippen LogP contribution < -0.4 is 9.47 Å². The number of aromatic hydroxyl groups is 1. The molecule has 0 atom stereocenters. The molecule has 128 valence electrons. The summed E-state index contributed by atoms with van der Waals surface area (Å²) < 4.78 is 11.8. The fourth-order valence-electron chi connectivity index (χ4n) is 2.65. The third-order valence-electron chi connectivity index (χ3n) is 4.00. The van der Waals surface area contributed by atoms with Crippen molar-refractivity contribution >= 4 is 0 Å². The number of phenols is 1. The summed E-state index contributed by atoms with van der Waals surface area (Å²) in [5.41, 5.74) is 2.95. The van der Waals surface area contributed by atoms with E-state index in [1.807, 2.05) is 73.7 Å². The summed E-state index contributed by atoms with van der Waals surface area (Å²) >= 11 is 0. The second-order valence-electron chi connectivity index (χ2n) is 5.82. The van der Waals surface area contributed by atoms with Crippen LogP contribution in [0.2, 0.25) is 0 Å². The summed E-state index contributed by atoms with van der Waals surface area (Å²) in [7, 11) is 0. The van der Waals surface area contributed by atoms with Gasteiger partial charge in [0.05, 0.1) is 0 Å². The van der Waals surface area contributed by atoms with Crippen LogP contribution in [-0.4, -0.2) is 5.11 Å². The van der Waals surface area contributed by atoms with E-state index in [9.17, 15) is 5.11 Å². The van der Waals surface area contributed by atoms with E-state index in [1.54, 1.807) is 6.07 Å². The maximum Gasteiger partial charge on any atom is 0.130 e. The minimum atomic E-state index is 0.205. The summed E-state index contributed by atoms with van der Waals surface area (Å²) in [6.07, 6.45) is 0.689. The van der Waals surface area contributed by atoms with Crippen molar-refractivity contribution in [2.24, 2.45) is 0 Å². The first-order chi connectivity index (χ1) is 12.3. The number of benzene rings is 3. The Hall–Kier alpha value is -2.94. The molecule has 3 aromatic carbocycles. The van der Waals surface area contributed by atoms with Crippen molar-refractivity contribution in [2.45, 2.75) is 26.6 Å². The molecule has 0 aliphatic heterocycles. The van der Waals surface area contributed by atoms with Gasteiger partial charge in [-0.2, -0.15) is 0 Å². The van der Waals surface area contributed by atoms with Gasteiger partial charge in [0.15, 0.2) is 0 Å². The van der Waals surface area contributed by atoms with E-state index in [4.69, 9.17) is 9.47 Å². The van der Waals surface area contributed by atoms with Crippen LogP contribution in [0.4, 0.5) is 0 Å². The predicted molar refractivity (Wildman–Crippen MR) is 99.0 cm³/mol. The van der Waals surface area contributed by atoms with Crippen LogP contribution in [0.5, 0.6) is 17.2 Å². The van der Waals surface area contributed by atoms with Gasteiger partial charge in [0, 0.05) is 17.7 Å². The van der Waals surface area contributed by atoms with Gasteiger partial charge in [0.25, 0.3) is 0 Å². The Morgan fingerprint density at radius 2 is 1.32 bits per heavy atom. The highest BCUT2D eigenvalue weighted by atomic mass is 16.5. The molecule has 0 saturated carbocycles. The second-order valence-corrected chi connectivity index (χ2v) is 5.82. The Labute approximate surface area is 148 Å². The third kappa shape index (κ3) is 4.54. The van der Waals surface area contributed by atoms with E-state index in [0.717, 1.165) is 16.7 Å². The summed E-state index contributed by atoms with van der Waals surface area (Å²) in [6, 6.07) is 23.4. The molecular formula is C22H22O3. The smallest absolute Gasteiger partial charge is 0.130 e. The Morgan fingerprint density at radius 3 is 1.88 bits per heavy atom. The molecule has 0 aromatic heterocycles. The molecule has 1 N–H and O–H groups in total. The van der Waals surface area contributed by atoms with E-state index in [0.29, 0.717) is 31.1 Å². The van der Waals surface area contributed by atoms with Crippen molar-refractivity contribution in [2.75, 3.05) is 0 Å². The van der Waals surface area contributed by atoms with Crippen LogP contribution in [0, 0.1) is 0 Å². The molecule has 0 bridgehead atoms. The van der Waals surface area contributed by atoms with Gasteiger partial charge >= 0.3 is 0 Å². The maximum absolute atomic E-state index is 10.3. The van der Waals surface area contributed by atoms with Crippen molar-refractivity contribution < 1.29 is 14.6 Å². The molecule has 0 heterocycles. The van der Waals surface area contributed by atoms with Gasteiger partial charge in [-0.25, -0.2) is 0 Å². The molecule has 0 aliphatic rings.